The second-order valence-corrected chi connectivity index (χ2v) is 42.0. The minimum absolute atomic E-state index is 0.121. The van der Waals surface area contributed by atoms with Crippen molar-refractivity contribution in [2.24, 2.45) is 40.9 Å². The van der Waals surface area contributed by atoms with Gasteiger partial charge in [-0.3, -0.25) is 4.79 Å². The SMILES string of the molecule is CC(=O)C1OC(n2cc(CCCN(C)CCC(C)C)nn2)C(O)C(O)C1O.CCC(O)C(O)C(O)CCN(C)CCC(C)C.CCC(O)C(O)C(O)CN(C)CCC(C)C.CCC(O)C(O)CCN(C)CCC(C)C.CCC(O)C(O)CN(C)CCC(C)C.CN(CCC(C)(C)C)CC(O)C(O)C(O)C(O)C(O)CO.COC1OC(Cn2cc(CCCN(C)CCC(C)C)nn2)C(O)C(O)C1O. The average molecular weight is 1980 g/mol. The molecule has 2 aliphatic rings. The number of aromatic nitrogens is 6. The molecule has 22 N–H and O–H groups in total. The highest BCUT2D eigenvalue weighted by Gasteiger charge is 2.48. The minimum Gasteiger partial charge on any atom is -0.394 e. The summed E-state index contributed by atoms with van der Waals surface area (Å²) in [6, 6.07) is 0. The molecule has 0 bridgehead atoms. The molecule has 39 nitrogen and oxygen atoms in total. The zero-order valence-electron chi connectivity index (χ0n) is 89.7. The van der Waals surface area contributed by atoms with E-state index in [1.165, 1.54) is 31.6 Å². The summed E-state index contributed by atoms with van der Waals surface area (Å²) in [5, 5.41) is 228. The Labute approximate surface area is 824 Å². The zero-order valence-corrected chi connectivity index (χ0v) is 89.7. The summed E-state index contributed by atoms with van der Waals surface area (Å²) >= 11 is 0. The number of hydrogen-bond donors (Lipinski definition) is 22. The molecule has 25 unspecified atom stereocenters. The van der Waals surface area contributed by atoms with E-state index in [-0.39, 0.29) is 18.5 Å². The van der Waals surface area contributed by atoms with Crippen molar-refractivity contribution >= 4 is 5.78 Å². The van der Waals surface area contributed by atoms with Crippen LogP contribution in [-0.2, 0) is 38.4 Å². The number of rotatable bonds is 60. The smallest absolute Gasteiger partial charge is 0.186 e. The minimum atomic E-state index is -1.74. The molecule has 2 aliphatic heterocycles. The second-order valence-electron chi connectivity index (χ2n) is 42.0. The van der Waals surface area contributed by atoms with E-state index in [0.29, 0.717) is 87.7 Å². The number of carbonyl (C=O) groups is 1. The fourth-order valence-corrected chi connectivity index (χ4v) is 13.8. The van der Waals surface area contributed by atoms with Crippen molar-refractivity contribution in [3.63, 3.8) is 0 Å². The van der Waals surface area contributed by atoms with Gasteiger partial charge in [0.2, 0.25) is 0 Å². The van der Waals surface area contributed by atoms with Crippen LogP contribution in [0.4, 0.5) is 0 Å². The third-order valence-corrected chi connectivity index (χ3v) is 24.3. The van der Waals surface area contributed by atoms with Gasteiger partial charge in [0.25, 0.3) is 0 Å². The number of nitrogens with zero attached hydrogens (tertiary/aromatic N) is 13. The Balaban J connectivity index is -0.00000155. The Morgan fingerprint density at radius 3 is 1.12 bits per heavy atom. The van der Waals surface area contributed by atoms with Crippen LogP contribution in [0.2, 0.25) is 0 Å². The molecule has 4 heterocycles. The first-order valence-electron chi connectivity index (χ1n) is 50.5. The number of carbonyl (C=O) groups excluding carboxylic acids is 1. The van der Waals surface area contributed by atoms with Crippen LogP contribution < -0.4 is 0 Å². The van der Waals surface area contributed by atoms with Gasteiger partial charge in [-0.05, 0) is 265 Å². The largest absolute Gasteiger partial charge is 0.394 e. The van der Waals surface area contributed by atoms with Crippen LogP contribution in [0.5, 0.6) is 0 Å². The fraction of sp³-hybridized carbons (Fsp3) is 0.949. The van der Waals surface area contributed by atoms with Gasteiger partial charge < -0.3 is 161 Å². The van der Waals surface area contributed by atoms with Crippen LogP contribution in [0.3, 0.4) is 0 Å². The third kappa shape index (κ3) is 63.6. The Morgan fingerprint density at radius 1 is 0.387 bits per heavy atom. The number of likely N-dealkylation sites (N-methyl/N-ethyl adjacent to an activating group) is 3. The first kappa shape index (κ1) is 138. The number of aliphatic hydroxyl groups excluding tert-OH is 22. The molecule has 2 aromatic rings. The van der Waals surface area contributed by atoms with Crippen LogP contribution in [0.25, 0.3) is 0 Å². The summed E-state index contributed by atoms with van der Waals surface area (Å²) in [6.45, 7) is 52.1. The lowest BCUT2D eigenvalue weighted by atomic mass is 9.92. The molecule has 0 amide bonds. The molecule has 0 aromatic carbocycles. The summed E-state index contributed by atoms with van der Waals surface area (Å²) < 4.78 is 18.9. The van der Waals surface area contributed by atoms with Gasteiger partial charge in [0, 0.05) is 46.0 Å². The molecule has 2 fully saturated rings. The first-order chi connectivity index (χ1) is 63.7. The maximum Gasteiger partial charge on any atom is 0.186 e. The van der Waals surface area contributed by atoms with Crippen molar-refractivity contribution in [2.45, 2.75) is 407 Å². The van der Waals surface area contributed by atoms with Gasteiger partial charge in [0.1, 0.15) is 85.5 Å². The quantitative estimate of drug-likeness (QED) is 0.0445. The van der Waals surface area contributed by atoms with E-state index >= 15 is 0 Å². The highest BCUT2D eigenvalue weighted by molar-refractivity contribution is 5.81. The second kappa shape index (κ2) is 76.3. The monoisotopic (exact) mass is 1980 g/mol. The van der Waals surface area contributed by atoms with Crippen molar-refractivity contribution < 1.29 is 131 Å². The average Bonchev–Trinajstić information content (AvgIpc) is 1.78. The fourth-order valence-electron chi connectivity index (χ4n) is 13.8. The van der Waals surface area contributed by atoms with Gasteiger partial charge in [0.15, 0.2) is 18.3 Å². The number of ketones is 1. The van der Waals surface area contributed by atoms with Crippen molar-refractivity contribution in [3.05, 3.63) is 23.8 Å². The molecule has 39 heteroatoms. The Morgan fingerprint density at radius 2 is 0.730 bits per heavy atom. The van der Waals surface area contributed by atoms with Crippen LogP contribution in [-0.4, -0.2) is 484 Å². The van der Waals surface area contributed by atoms with E-state index in [9.17, 15) is 112 Å². The first-order valence-corrected chi connectivity index (χ1v) is 50.5. The number of aliphatic hydroxyl groups is 22. The van der Waals surface area contributed by atoms with Gasteiger partial charge in [0.05, 0.1) is 85.7 Å². The van der Waals surface area contributed by atoms with E-state index in [0.717, 1.165) is 141 Å². The van der Waals surface area contributed by atoms with Gasteiger partial charge in [-0.25, -0.2) is 9.36 Å². The molecule has 137 heavy (non-hydrogen) atoms. The van der Waals surface area contributed by atoms with E-state index < -0.39 is 165 Å². The summed E-state index contributed by atoms with van der Waals surface area (Å²) in [6.07, 6.45) is -10.0. The Bertz CT molecular complexity index is 3160. The molecule has 2 aromatic heterocycles. The van der Waals surface area contributed by atoms with Gasteiger partial charge >= 0.3 is 0 Å². The topological polar surface area (TPSA) is 574 Å². The molecule has 0 spiro atoms. The van der Waals surface area contributed by atoms with Crippen LogP contribution in [0.15, 0.2) is 12.4 Å². The van der Waals surface area contributed by atoms with E-state index in [1.54, 1.807) is 31.8 Å². The van der Waals surface area contributed by atoms with Crippen LogP contribution in [0, 0.1) is 40.9 Å². The van der Waals surface area contributed by atoms with Crippen molar-refractivity contribution in [1.82, 2.24) is 64.3 Å². The Kier molecular flexibility index (Phi) is 76.7. The normalized spacial score (nSPS) is 22.2. The predicted molar refractivity (Wildman–Crippen MR) is 534 cm³/mol. The summed E-state index contributed by atoms with van der Waals surface area (Å²) in [5.74, 6) is 3.68. The molecule has 4 rings (SSSR count). The zero-order chi connectivity index (χ0) is 106. The molecule has 0 aliphatic carbocycles. The molecular formula is C98H205N13O26. The third-order valence-electron chi connectivity index (χ3n) is 24.3. The van der Waals surface area contributed by atoms with Crippen LogP contribution in [0.1, 0.15) is 252 Å². The maximum absolute atomic E-state index is 11.6. The highest BCUT2D eigenvalue weighted by atomic mass is 16.7. The lowest BCUT2D eigenvalue weighted by Gasteiger charge is -2.39. The molecule has 0 radical (unpaired) electrons. The molecule has 25 atom stereocenters. The van der Waals surface area contributed by atoms with E-state index in [1.807, 2.05) is 51.0 Å². The summed E-state index contributed by atoms with van der Waals surface area (Å²) in [4.78, 5) is 26.5. The number of aryl methyl sites for hydroxylation is 2. The summed E-state index contributed by atoms with van der Waals surface area (Å²) in [7, 11) is 15.4. The van der Waals surface area contributed by atoms with Gasteiger partial charge in [-0.15, -0.1) is 10.2 Å². The Hall–Kier alpha value is -3.33. The lowest BCUT2D eigenvalue weighted by Crippen LogP contribution is -2.58. The van der Waals surface area contributed by atoms with Gasteiger partial charge in [-0.2, -0.15) is 0 Å². The van der Waals surface area contributed by atoms with Crippen molar-refractivity contribution in [2.75, 3.05) is 155 Å². The van der Waals surface area contributed by atoms with Crippen molar-refractivity contribution in [1.29, 1.82) is 0 Å². The molecule has 0 saturated carbocycles. The number of Topliss-reactive ketones (excluding diaryl/α,β-unsaturated/α-hetero) is 1. The summed E-state index contributed by atoms with van der Waals surface area (Å²) in [5.41, 5.74) is 1.77. The lowest BCUT2D eigenvalue weighted by molar-refractivity contribution is -0.292. The number of methoxy groups -OCH3 is 1. The molecule has 2 saturated heterocycles. The van der Waals surface area contributed by atoms with Crippen molar-refractivity contribution in [3.8, 4) is 0 Å². The van der Waals surface area contributed by atoms with E-state index in [2.05, 4.69) is 170 Å². The standard InChI is InChI=1S/C18H34N4O5.C18H32N4O5.C14H31NO6.C13H29NO3.C12H27NO3.C12H27NO2.C11H25NO2/c1-12(2)7-9-21(3)8-5-6-13-10-22(20-19-13)11-14-15(23)16(24)17(25)18(26-4)27-14;1-11(2)7-9-21(4)8-5-6-13-10-22(20-19-13)18-16(26)14(24)15(25)17(27-18)12(3)23;1-14(2,3)5-6-15(4)7-9(17)11(19)13(21)12(20)10(18)8-16;1-5-11(15)13(17)12(16)7-9-14(4)8-6-10(2)3;1-5-10(14)12(16)11(15)8-13(4)7-6-9(2)3;1-5-11(14)12(15)7-9-13(4)8-6-10(2)3;1-5-10(13)11(14)8-12(4)7-6-9(2)3/h10,12,14-18,23-25H,5-9,11H2,1-4H3;10-11,14-18,24-26H,5-9H2,1-4H3;9-13,16-21H,5-8H2,1-4H3;10-13,15-17H,5-9H2,1-4H3;9-12,14-16H,5-8H2,1-4H3;10-12,14-15H,5-9H2,1-4H3;9-11,13-14H,5-8H2,1-4H3. The number of ether oxygens (including phenoxy) is 3. The van der Waals surface area contributed by atoms with E-state index in [4.69, 9.17) is 19.3 Å². The maximum atomic E-state index is 11.6. The number of hydrogen-bond acceptors (Lipinski definition) is 37. The molecule has 818 valence electrons. The van der Waals surface area contributed by atoms with Gasteiger partial charge in [-0.1, -0.05) is 142 Å². The van der Waals surface area contributed by atoms with Crippen LogP contribution >= 0.6 is 0 Å². The highest BCUT2D eigenvalue weighted by Crippen LogP contribution is 2.30. The molecular weight excluding hydrogens is 1780 g/mol. The predicted octanol–water partition coefficient (Wildman–Crippen LogP) is 1.44.